The molecule has 3 aromatic rings. The number of hydrogen-bond donors (Lipinski definition) is 1. The minimum Gasteiger partial charge on any atom is -0.482 e. The Morgan fingerprint density at radius 1 is 1.23 bits per heavy atom. The first-order valence-corrected chi connectivity index (χ1v) is 10.4. The molecule has 0 atom stereocenters. The Hall–Kier alpha value is -3.39. The molecule has 1 N–H and O–H groups in total. The highest BCUT2D eigenvalue weighted by molar-refractivity contribution is 6.30. The van der Waals surface area contributed by atoms with E-state index >= 15 is 0 Å². The van der Waals surface area contributed by atoms with Crippen molar-refractivity contribution in [3.8, 4) is 17.1 Å². The van der Waals surface area contributed by atoms with Crippen LogP contribution in [0.25, 0.3) is 11.4 Å². The molecule has 9 heteroatoms. The van der Waals surface area contributed by atoms with E-state index in [1.807, 2.05) is 31.2 Å². The maximum atomic E-state index is 12.3. The molecular weight excluding hydrogens is 420 g/mol. The molecule has 2 aromatic carbocycles. The van der Waals surface area contributed by atoms with E-state index in [-0.39, 0.29) is 24.2 Å². The van der Waals surface area contributed by atoms with Crippen LogP contribution in [-0.4, -0.2) is 41.7 Å². The lowest BCUT2D eigenvalue weighted by atomic mass is 10.1. The number of nitrogens with zero attached hydrogens (tertiary/aromatic N) is 3. The molecule has 0 spiro atoms. The molecule has 2 heterocycles. The average molecular weight is 441 g/mol. The monoisotopic (exact) mass is 440 g/mol. The number of carbonyl (C=O) groups excluding carboxylic acids is 2. The second-order valence-electron chi connectivity index (χ2n) is 7.07. The quantitative estimate of drug-likeness (QED) is 0.603. The van der Waals surface area contributed by atoms with Gasteiger partial charge in [-0.15, -0.1) is 0 Å². The van der Waals surface area contributed by atoms with Gasteiger partial charge < -0.3 is 19.5 Å². The van der Waals surface area contributed by atoms with E-state index in [2.05, 4.69) is 15.5 Å². The maximum absolute atomic E-state index is 12.3. The molecule has 1 aliphatic heterocycles. The van der Waals surface area contributed by atoms with Crippen LogP contribution < -0.4 is 15.0 Å². The molecule has 0 saturated carbocycles. The summed E-state index contributed by atoms with van der Waals surface area (Å²) in [6.45, 7) is 3.05. The first kappa shape index (κ1) is 20.9. The largest absolute Gasteiger partial charge is 0.482 e. The highest BCUT2D eigenvalue weighted by Gasteiger charge is 2.26. The summed E-state index contributed by atoms with van der Waals surface area (Å²) in [5, 5.41) is 7.34. The van der Waals surface area contributed by atoms with Crippen molar-refractivity contribution in [2.75, 3.05) is 24.6 Å². The highest BCUT2D eigenvalue weighted by Crippen LogP contribution is 2.35. The van der Waals surface area contributed by atoms with Crippen molar-refractivity contribution in [1.82, 2.24) is 15.5 Å². The van der Waals surface area contributed by atoms with Crippen LogP contribution in [0.1, 0.15) is 29.6 Å². The summed E-state index contributed by atoms with van der Waals surface area (Å²) in [5.41, 5.74) is 2.40. The molecule has 31 heavy (non-hydrogen) atoms. The fourth-order valence-electron chi connectivity index (χ4n) is 3.29. The van der Waals surface area contributed by atoms with Crippen molar-refractivity contribution in [2.24, 2.45) is 0 Å². The molecule has 8 nitrogen and oxygen atoms in total. The highest BCUT2D eigenvalue weighted by atomic mass is 35.5. The van der Waals surface area contributed by atoms with E-state index in [1.165, 1.54) is 0 Å². The zero-order chi connectivity index (χ0) is 21.8. The lowest BCUT2D eigenvalue weighted by Gasteiger charge is -2.29. The maximum Gasteiger partial charge on any atom is 0.316 e. The number of halogens is 1. The first-order valence-electron chi connectivity index (χ1n) is 9.99. The minimum atomic E-state index is -0.443. The number of rotatable bonds is 7. The van der Waals surface area contributed by atoms with Crippen LogP contribution >= 0.6 is 11.6 Å². The first-order chi connectivity index (χ1) is 15.0. The average Bonchev–Trinajstić information content (AvgIpc) is 3.27. The summed E-state index contributed by atoms with van der Waals surface area (Å²) in [6.07, 6.45) is 1.49. The van der Waals surface area contributed by atoms with Gasteiger partial charge in [-0.3, -0.25) is 9.59 Å². The van der Waals surface area contributed by atoms with Crippen LogP contribution in [0.3, 0.4) is 0 Å². The van der Waals surface area contributed by atoms with E-state index in [0.29, 0.717) is 41.5 Å². The van der Waals surface area contributed by atoms with Gasteiger partial charge in [0, 0.05) is 23.7 Å². The molecule has 4 rings (SSSR count). The van der Waals surface area contributed by atoms with E-state index < -0.39 is 5.91 Å². The van der Waals surface area contributed by atoms with E-state index in [4.69, 9.17) is 20.9 Å². The van der Waals surface area contributed by atoms with Crippen molar-refractivity contribution >= 4 is 29.1 Å². The predicted octanol–water partition coefficient (Wildman–Crippen LogP) is 3.50. The summed E-state index contributed by atoms with van der Waals surface area (Å²) in [6, 6.07) is 12.7. The van der Waals surface area contributed by atoms with Crippen LogP contribution in [0.2, 0.25) is 5.02 Å². The Morgan fingerprint density at radius 2 is 2.03 bits per heavy atom. The molecule has 0 unspecified atom stereocenters. The number of amides is 2. The number of carbonyl (C=O) groups is 2. The summed E-state index contributed by atoms with van der Waals surface area (Å²) in [5.74, 6) is 0.214. The number of hydrogen-bond acceptors (Lipinski definition) is 6. The van der Waals surface area contributed by atoms with Gasteiger partial charge in [-0.2, -0.15) is 4.98 Å². The van der Waals surface area contributed by atoms with Gasteiger partial charge in [-0.05, 0) is 48.7 Å². The third-order valence-corrected chi connectivity index (χ3v) is 5.09. The molecule has 160 valence electrons. The SMILES string of the molecule is CCCN1C(=O)COc2cc(-c3noc(C(=O)NCCc4ccc(Cl)cc4)n3)ccc21. The molecule has 0 aliphatic carbocycles. The van der Waals surface area contributed by atoms with Gasteiger partial charge in [0.25, 0.3) is 5.91 Å². The molecule has 1 aliphatic rings. The van der Waals surface area contributed by atoms with Gasteiger partial charge in [-0.1, -0.05) is 35.8 Å². The molecule has 1 aromatic heterocycles. The Balaban J connectivity index is 1.42. The molecular formula is C22H21ClN4O4. The summed E-state index contributed by atoms with van der Waals surface area (Å²) in [7, 11) is 0. The second kappa shape index (κ2) is 9.18. The fourth-order valence-corrected chi connectivity index (χ4v) is 3.42. The Labute approximate surface area is 184 Å². The van der Waals surface area contributed by atoms with Crippen LogP contribution in [0.4, 0.5) is 5.69 Å². The number of fused-ring (bicyclic) bond motifs is 1. The van der Waals surface area contributed by atoms with Crippen LogP contribution in [-0.2, 0) is 11.2 Å². The van der Waals surface area contributed by atoms with Crippen molar-refractivity contribution in [1.29, 1.82) is 0 Å². The van der Waals surface area contributed by atoms with Crippen LogP contribution in [0, 0.1) is 0 Å². The smallest absolute Gasteiger partial charge is 0.316 e. The lowest BCUT2D eigenvalue weighted by Crippen LogP contribution is -2.39. The molecule has 0 bridgehead atoms. The van der Waals surface area contributed by atoms with Crippen LogP contribution in [0.15, 0.2) is 47.0 Å². The number of anilines is 1. The zero-order valence-corrected chi connectivity index (χ0v) is 17.7. The summed E-state index contributed by atoms with van der Waals surface area (Å²) in [4.78, 5) is 30.3. The summed E-state index contributed by atoms with van der Waals surface area (Å²) >= 11 is 5.87. The van der Waals surface area contributed by atoms with Crippen molar-refractivity contribution in [3.63, 3.8) is 0 Å². The van der Waals surface area contributed by atoms with Gasteiger partial charge in [0.15, 0.2) is 6.61 Å². The minimum absolute atomic E-state index is 0.00995. The predicted molar refractivity (Wildman–Crippen MR) is 115 cm³/mol. The number of aromatic nitrogens is 2. The molecule has 0 radical (unpaired) electrons. The van der Waals surface area contributed by atoms with Crippen molar-refractivity contribution < 1.29 is 18.8 Å². The number of nitrogens with one attached hydrogen (secondary N) is 1. The summed E-state index contributed by atoms with van der Waals surface area (Å²) < 4.78 is 10.7. The van der Waals surface area contributed by atoms with Gasteiger partial charge in [0.2, 0.25) is 5.82 Å². The normalized spacial score (nSPS) is 13.0. The lowest BCUT2D eigenvalue weighted by molar-refractivity contribution is -0.121. The van der Waals surface area contributed by atoms with Crippen molar-refractivity contribution in [3.05, 3.63) is 58.9 Å². The number of benzene rings is 2. The third kappa shape index (κ3) is 4.69. The van der Waals surface area contributed by atoms with Gasteiger partial charge >= 0.3 is 11.8 Å². The second-order valence-corrected chi connectivity index (χ2v) is 7.51. The van der Waals surface area contributed by atoms with Crippen LogP contribution in [0.5, 0.6) is 5.75 Å². The van der Waals surface area contributed by atoms with E-state index in [9.17, 15) is 9.59 Å². The van der Waals surface area contributed by atoms with E-state index in [1.54, 1.807) is 23.1 Å². The standard InChI is InChI=1S/C22H21ClN4O4/c1-2-11-27-17-8-5-15(12-18(17)30-13-19(27)28)20-25-22(31-26-20)21(29)24-10-9-14-3-6-16(23)7-4-14/h3-8,12H,2,9-11,13H2,1H3,(H,24,29). The Bertz CT molecular complexity index is 1100. The third-order valence-electron chi connectivity index (χ3n) is 4.84. The van der Waals surface area contributed by atoms with Gasteiger partial charge in [0.1, 0.15) is 5.75 Å². The Morgan fingerprint density at radius 3 is 2.81 bits per heavy atom. The fraction of sp³-hybridized carbons (Fsp3) is 0.273. The van der Waals surface area contributed by atoms with Crippen molar-refractivity contribution in [2.45, 2.75) is 19.8 Å². The van der Waals surface area contributed by atoms with Gasteiger partial charge in [-0.25, -0.2) is 0 Å². The Kier molecular flexibility index (Phi) is 6.18. The molecule has 0 fully saturated rings. The number of ether oxygens (including phenoxy) is 1. The molecule has 0 saturated heterocycles. The zero-order valence-electron chi connectivity index (χ0n) is 16.9. The van der Waals surface area contributed by atoms with E-state index in [0.717, 1.165) is 12.0 Å². The molecule has 2 amide bonds. The topological polar surface area (TPSA) is 97.6 Å². The van der Waals surface area contributed by atoms with Gasteiger partial charge in [0.05, 0.1) is 5.69 Å².